The van der Waals surface area contributed by atoms with Crippen molar-refractivity contribution in [3.05, 3.63) is 35.4 Å². The highest BCUT2D eigenvalue weighted by Gasteiger charge is 2.46. The van der Waals surface area contributed by atoms with E-state index in [1.54, 1.807) is 0 Å². The molecule has 90 valence electrons. The summed E-state index contributed by atoms with van der Waals surface area (Å²) in [6, 6.07) is 8.67. The van der Waals surface area contributed by atoms with Crippen molar-refractivity contribution < 1.29 is 4.79 Å². The molecule has 1 fully saturated rings. The molecule has 0 saturated carbocycles. The zero-order valence-corrected chi connectivity index (χ0v) is 10.5. The third-order valence-corrected chi connectivity index (χ3v) is 4.58. The molecule has 2 nitrogen and oxygen atoms in total. The highest BCUT2D eigenvalue weighted by Crippen LogP contribution is 2.48. The van der Waals surface area contributed by atoms with Crippen molar-refractivity contribution in [3.8, 4) is 0 Å². The number of hydrogen-bond donors (Lipinski definition) is 1. The van der Waals surface area contributed by atoms with E-state index in [9.17, 15) is 4.79 Å². The highest BCUT2D eigenvalue weighted by molar-refractivity contribution is 5.81. The van der Waals surface area contributed by atoms with Crippen LogP contribution in [0.1, 0.15) is 44.2 Å². The lowest BCUT2D eigenvalue weighted by atomic mass is 9.61. The molecule has 1 aromatic rings. The van der Waals surface area contributed by atoms with Crippen LogP contribution in [0.3, 0.4) is 0 Å². The number of hydrogen-bond acceptors (Lipinski definition) is 1. The van der Waals surface area contributed by atoms with Gasteiger partial charge < -0.3 is 5.32 Å². The Morgan fingerprint density at radius 3 is 2.47 bits per heavy atom. The first kappa shape index (κ1) is 10.8. The van der Waals surface area contributed by atoms with E-state index >= 15 is 0 Å². The van der Waals surface area contributed by atoms with Crippen LogP contribution in [0.5, 0.6) is 0 Å². The first-order valence-corrected chi connectivity index (χ1v) is 6.40. The summed E-state index contributed by atoms with van der Waals surface area (Å²) in [5.74, 6) is 0.208. The van der Waals surface area contributed by atoms with Crippen LogP contribution in [-0.2, 0) is 15.6 Å². The molecule has 1 atom stereocenters. The lowest BCUT2D eigenvalue weighted by Crippen LogP contribution is -2.39. The van der Waals surface area contributed by atoms with Crippen molar-refractivity contribution in [2.45, 2.75) is 43.9 Å². The van der Waals surface area contributed by atoms with E-state index in [4.69, 9.17) is 0 Å². The Labute approximate surface area is 102 Å². The van der Waals surface area contributed by atoms with E-state index < -0.39 is 0 Å². The fraction of sp³-hybridized carbons (Fsp3) is 0.533. The first-order chi connectivity index (χ1) is 8.04. The Morgan fingerprint density at radius 1 is 1.12 bits per heavy atom. The Kier molecular flexibility index (Phi) is 2.13. The van der Waals surface area contributed by atoms with Crippen molar-refractivity contribution >= 4 is 5.91 Å². The van der Waals surface area contributed by atoms with E-state index in [-0.39, 0.29) is 16.7 Å². The molecule has 0 radical (unpaired) electrons. The molecule has 0 bridgehead atoms. The molecular weight excluding hydrogens is 210 g/mol. The normalized spacial score (nSPS) is 30.1. The summed E-state index contributed by atoms with van der Waals surface area (Å²) in [6.07, 6.45) is 2.95. The maximum Gasteiger partial charge on any atom is 0.220 e. The molecular formula is C15H19NO. The van der Waals surface area contributed by atoms with Gasteiger partial charge in [-0.25, -0.2) is 0 Å². The van der Waals surface area contributed by atoms with Gasteiger partial charge in [0.15, 0.2) is 0 Å². The summed E-state index contributed by atoms with van der Waals surface area (Å²) >= 11 is 0. The summed E-state index contributed by atoms with van der Waals surface area (Å²) in [6.45, 7) is 5.44. The standard InChI is InChI=1S/C15H19NO/c1-14(2)7-8-15(9-13(17)16-10-15)12-6-4-3-5-11(12)14/h3-6H,7-10H2,1-2H3,(H,16,17). The fourth-order valence-corrected chi connectivity index (χ4v) is 3.42. The minimum Gasteiger partial charge on any atom is -0.355 e. The lowest BCUT2D eigenvalue weighted by molar-refractivity contribution is -0.119. The molecule has 1 N–H and O–H groups in total. The van der Waals surface area contributed by atoms with E-state index in [1.165, 1.54) is 17.5 Å². The van der Waals surface area contributed by atoms with Gasteiger partial charge in [-0.15, -0.1) is 0 Å². The van der Waals surface area contributed by atoms with Crippen LogP contribution in [0.4, 0.5) is 0 Å². The van der Waals surface area contributed by atoms with Crippen LogP contribution in [0, 0.1) is 0 Å². The van der Waals surface area contributed by atoms with Crippen LogP contribution >= 0.6 is 0 Å². The van der Waals surface area contributed by atoms with Crippen LogP contribution in [0.15, 0.2) is 24.3 Å². The molecule has 1 aliphatic heterocycles. The van der Waals surface area contributed by atoms with Gasteiger partial charge in [0, 0.05) is 18.4 Å². The van der Waals surface area contributed by atoms with Crippen molar-refractivity contribution in [3.63, 3.8) is 0 Å². The SMILES string of the molecule is CC1(C)CCC2(CNC(=O)C2)c2ccccc21. The average molecular weight is 229 g/mol. The van der Waals surface area contributed by atoms with E-state index in [0.29, 0.717) is 6.42 Å². The van der Waals surface area contributed by atoms with Crippen molar-refractivity contribution in [2.75, 3.05) is 6.54 Å². The maximum absolute atomic E-state index is 11.6. The number of carbonyl (C=O) groups is 1. The highest BCUT2D eigenvalue weighted by atomic mass is 16.1. The van der Waals surface area contributed by atoms with Gasteiger partial charge >= 0.3 is 0 Å². The van der Waals surface area contributed by atoms with Crippen LogP contribution in [0.2, 0.25) is 0 Å². The quantitative estimate of drug-likeness (QED) is 0.727. The molecule has 0 aromatic heterocycles. The molecule has 2 aliphatic rings. The number of amides is 1. The molecule has 17 heavy (non-hydrogen) atoms. The molecule has 1 aliphatic carbocycles. The van der Waals surface area contributed by atoms with E-state index in [2.05, 4.69) is 43.4 Å². The zero-order chi connectivity index (χ0) is 12.1. The average Bonchev–Trinajstić information content (AvgIpc) is 2.69. The van der Waals surface area contributed by atoms with Gasteiger partial charge in [0.2, 0.25) is 5.91 Å². The molecule has 1 saturated heterocycles. The summed E-state index contributed by atoms with van der Waals surface area (Å²) in [4.78, 5) is 11.6. The second-order valence-corrected chi connectivity index (χ2v) is 6.16. The smallest absolute Gasteiger partial charge is 0.220 e. The van der Waals surface area contributed by atoms with Gasteiger partial charge in [-0.1, -0.05) is 38.1 Å². The number of fused-ring (bicyclic) bond motifs is 2. The second kappa shape index (κ2) is 3.34. The van der Waals surface area contributed by atoms with E-state index in [1.807, 2.05) is 0 Å². The lowest BCUT2D eigenvalue weighted by Gasteiger charge is -2.42. The molecule has 1 aromatic carbocycles. The monoisotopic (exact) mass is 229 g/mol. The Hall–Kier alpha value is -1.31. The van der Waals surface area contributed by atoms with Gasteiger partial charge in [0.1, 0.15) is 0 Å². The summed E-state index contributed by atoms with van der Waals surface area (Å²) in [7, 11) is 0. The Bertz CT molecular complexity index is 478. The van der Waals surface area contributed by atoms with Crippen molar-refractivity contribution in [1.82, 2.24) is 5.32 Å². The molecule has 1 heterocycles. The first-order valence-electron chi connectivity index (χ1n) is 6.40. The molecule has 1 amide bonds. The predicted octanol–water partition coefficient (Wildman–Crippen LogP) is 2.52. The van der Waals surface area contributed by atoms with Gasteiger partial charge in [-0.2, -0.15) is 0 Å². The molecule has 3 rings (SSSR count). The molecule has 2 heteroatoms. The Balaban J connectivity index is 2.15. The third kappa shape index (κ3) is 1.50. The predicted molar refractivity (Wildman–Crippen MR) is 68.0 cm³/mol. The second-order valence-electron chi connectivity index (χ2n) is 6.16. The molecule has 1 unspecified atom stereocenters. The topological polar surface area (TPSA) is 29.1 Å². The van der Waals surface area contributed by atoms with Crippen molar-refractivity contribution in [1.29, 1.82) is 0 Å². The summed E-state index contributed by atoms with van der Waals surface area (Å²) in [5, 5.41) is 3.01. The third-order valence-electron chi connectivity index (χ3n) is 4.58. The number of carbonyl (C=O) groups excluding carboxylic acids is 1. The maximum atomic E-state index is 11.6. The van der Waals surface area contributed by atoms with Crippen molar-refractivity contribution in [2.24, 2.45) is 0 Å². The number of nitrogens with one attached hydrogen (secondary N) is 1. The van der Waals surface area contributed by atoms with Gasteiger partial charge in [0.25, 0.3) is 0 Å². The van der Waals surface area contributed by atoms with Crippen LogP contribution in [-0.4, -0.2) is 12.5 Å². The minimum absolute atomic E-state index is 0.0726. The Morgan fingerprint density at radius 2 is 1.82 bits per heavy atom. The van der Waals surface area contributed by atoms with Crippen LogP contribution < -0.4 is 5.32 Å². The number of rotatable bonds is 0. The fourth-order valence-electron chi connectivity index (χ4n) is 3.42. The summed E-state index contributed by atoms with van der Waals surface area (Å²) in [5.41, 5.74) is 3.15. The van der Waals surface area contributed by atoms with Gasteiger partial charge in [-0.05, 0) is 29.4 Å². The summed E-state index contributed by atoms with van der Waals surface area (Å²) < 4.78 is 0. The molecule has 1 spiro atoms. The van der Waals surface area contributed by atoms with Gasteiger partial charge in [-0.3, -0.25) is 4.79 Å². The van der Waals surface area contributed by atoms with Crippen LogP contribution in [0.25, 0.3) is 0 Å². The largest absolute Gasteiger partial charge is 0.355 e. The van der Waals surface area contributed by atoms with Gasteiger partial charge in [0.05, 0.1) is 0 Å². The minimum atomic E-state index is 0.0726. The zero-order valence-electron chi connectivity index (χ0n) is 10.5. The number of benzene rings is 1. The van der Waals surface area contributed by atoms with E-state index in [0.717, 1.165) is 13.0 Å².